The number of amides is 1. The summed E-state index contributed by atoms with van der Waals surface area (Å²) in [6.45, 7) is 5.90. The van der Waals surface area contributed by atoms with Crippen molar-refractivity contribution in [3.05, 3.63) is 105 Å². The highest BCUT2D eigenvalue weighted by Crippen LogP contribution is 2.30. The number of carbonyl (C=O) groups is 1. The molecule has 4 aromatic rings. The highest BCUT2D eigenvalue weighted by atomic mass is 35.5. The molecule has 6 heteroatoms. The largest absolute Gasteiger partial charge is 0.463 e. The Morgan fingerprint density at radius 3 is 2.24 bits per heavy atom. The standard InChI is InChI=1S/C27H25ClN2O3/c1-4-18-8-6-9-19(5-2)25(18)29-27(32)24-22(31)16-17(3)30(21-13-11-20(28)12-14-21)26(24)23-10-7-15-33-23/h6-16H,4-5H2,1-3H3,(H,29,32). The van der Waals surface area contributed by atoms with Gasteiger partial charge in [0, 0.05) is 28.2 Å². The van der Waals surface area contributed by atoms with Crippen LogP contribution in [0.15, 0.2) is 76.1 Å². The van der Waals surface area contributed by atoms with Gasteiger partial charge < -0.3 is 14.3 Å². The number of carbonyl (C=O) groups excluding carboxylic acids is 1. The molecule has 0 spiro atoms. The fourth-order valence-electron chi connectivity index (χ4n) is 4.10. The molecule has 0 saturated carbocycles. The third-order valence-electron chi connectivity index (χ3n) is 5.70. The summed E-state index contributed by atoms with van der Waals surface area (Å²) in [6, 6.07) is 18.1. The number of aryl methyl sites for hydroxylation is 3. The van der Waals surface area contributed by atoms with Crippen LogP contribution in [0.1, 0.15) is 41.0 Å². The number of anilines is 1. The third kappa shape index (κ3) is 4.37. The van der Waals surface area contributed by atoms with Gasteiger partial charge in [-0.3, -0.25) is 9.59 Å². The minimum atomic E-state index is -0.468. The molecule has 0 aliphatic rings. The number of halogens is 1. The lowest BCUT2D eigenvalue weighted by Crippen LogP contribution is -2.27. The van der Waals surface area contributed by atoms with Crippen molar-refractivity contribution in [1.82, 2.24) is 4.57 Å². The Morgan fingerprint density at radius 1 is 1.00 bits per heavy atom. The van der Waals surface area contributed by atoms with Crippen LogP contribution in [-0.2, 0) is 12.8 Å². The second-order valence-electron chi connectivity index (χ2n) is 7.78. The normalized spacial score (nSPS) is 10.9. The van der Waals surface area contributed by atoms with Crippen LogP contribution in [0.25, 0.3) is 17.1 Å². The average Bonchev–Trinajstić information content (AvgIpc) is 3.34. The van der Waals surface area contributed by atoms with E-state index in [0.717, 1.165) is 35.3 Å². The van der Waals surface area contributed by atoms with E-state index in [1.807, 2.05) is 55.7 Å². The van der Waals surface area contributed by atoms with Crippen molar-refractivity contribution in [2.45, 2.75) is 33.6 Å². The molecule has 0 saturated heterocycles. The first kappa shape index (κ1) is 22.6. The average molecular weight is 461 g/mol. The topological polar surface area (TPSA) is 64.2 Å². The van der Waals surface area contributed by atoms with Gasteiger partial charge in [0.2, 0.25) is 0 Å². The van der Waals surface area contributed by atoms with Gasteiger partial charge in [-0.15, -0.1) is 0 Å². The maximum absolute atomic E-state index is 13.6. The molecule has 0 atom stereocenters. The van der Waals surface area contributed by atoms with Crippen molar-refractivity contribution in [3.63, 3.8) is 0 Å². The Morgan fingerprint density at radius 2 is 1.67 bits per heavy atom. The predicted octanol–water partition coefficient (Wildman–Crippen LogP) is 6.44. The van der Waals surface area contributed by atoms with Crippen LogP contribution in [0.2, 0.25) is 5.02 Å². The number of benzene rings is 2. The van der Waals surface area contributed by atoms with Crippen molar-refractivity contribution in [1.29, 1.82) is 0 Å². The highest BCUT2D eigenvalue weighted by Gasteiger charge is 2.25. The van der Waals surface area contributed by atoms with E-state index < -0.39 is 5.91 Å². The molecule has 2 heterocycles. The van der Waals surface area contributed by atoms with Crippen molar-refractivity contribution >= 4 is 23.2 Å². The van der Waals surface area contributed by atoms with Gasteiger partial charge in [0.25, 0.3) is 5.91 Å². The van der Waals surface area contributed by atoms with Crippen LogP contribution < -0.4 is 10.7 Å². The molecule has 4 rings (SSSR count). The van der Waals surface area contributed by atoms with Gasteiger partial charge in [0.05, 0.1) is 6.26 Å². The summed E-state index contributed by atoms with van der Waals surface area (Å²) in [5.74, 6) is -0.0416. The summed E-state index contributed by atoms with van der Waals surface area (Å²) in [6.07, 6.45) is 3.05. The first-order valence-corrected chi connectivity index (χ1v) is 11.3. The van der Waals surface area contributed by atoms with Crippen LogP contribution in [0.4, 0.5) is 5.69 Å². The fourth-order valence-corrected chi connectivity index (χ4v) is 4.23. The lowest BCUT2D eigenvalue weighted by Gasteiger charge is -2.20. The first-order valence-electron chi connectivity index (χ1n) is 10.9. The summed E-state index contributed by atoms with van der Waals surface area (Å²) >= 11 is 6.09. The lowest BCUT2D eigenvalue weighted by atomic mass is 10.0. The molecule has 33 heavy (non-hydrogen) atoms. The smallest absolute Gasteiger partial charge is 0.261 e. The zero-order chi connectivity index (χ0) is 23.5. The molecule has 5 nitrogen and oxygen atoms in total. The molecule has 1 amide bonds. The minimum Gasteiger partial charge on any atom is -0.463 e. The van der Waals surface area contributed by atoms with Gasteiger partial charge in [-0.2, -0.15) is 0 Å². The Bertz CT molecular complexity index is 1330. The van der Waals surface area contributed by atoms with Gasteiger partial charge >= 0.3 is 0 Å². The van der Waals surface area contributed by atoms with E-state index in [0.29, 0.717) is 22.2 Å². The van der Waals surface area contributed by atoms with Crippen molar-refractivity contribution in [2.75, 3.05) is 5.32 Å². The predicted molar refractivity (Wildman–Crippen MR) is 133 cm³/mol. The number of rotatable bonds is 6. The van der Waals surface area contributed by atoms with E-state index in [9.17, 15) is 9.59 Å². The number of nitrogens with zero attached hydrogens (tertiary/aromatic N) is 1. The SMILES string of the molecule is CCc1cccc(CC)c1NC(=O)c1c(-c2ccco2)n(-c2ccc(Cl)cc2)c(C)cc1=O. The fraction of sp³-hybridized carbons (Fsp3) is 0.185. The zero-order valence-corrected chi connectivity index (χ0v) is 19.6. The van der Waals surface area contributed by atoms with E-state index in [2.05, 4.69) is 5.32 Å². The van der Waals surface area contributed by atoms with Crippen molar-refractivity contribution < 1.29 is 9.21 Å². The molecular formula is C27H25ClN2O3. The van der Waals surface area contributed by atoms with Crippen molar-refractivity contribution in [2.24, 2.45) is 0 Å². The van der Waals surface area contributed by atoms with Gasteiger partial charge in [0.15, 0.2) is 11.2 Å². The molecule has 0 aliphatic carbocycles. The summed E-state index contributed by atoms with van der Waals surface area (Å²) in [5, 5.41) is 3.63. The Labute approximate surface area is 197 Å². The maximum Gasteiger partial charge on any atom is 0.261 e. The van der Waals surface area contributed by atoms with Crippen LogP contribution in [-0.4, -0.2) is 10.5 Å². The van der Waals surface area contributed by atoms with E-state index >= 15 is 0 Å². The Hall–Kier alpha value is -3.57. The first-order chi connectivity index (χ1) is 15.9. The summed E-state index contributed by atoms with van der Waals surface area (Å²) < 4.78 is 7.53. The number of pyridine rings is 1. The molecule has 2 aromatic carbocycles. The number of hydrogen-bond acceptors (Lipinski definition) is 3. The molecular weight excluding hydrogens is 436 g/mol. The monoisotopic (exact) mass is 460 g/mol. The van der Waals surface area contributed by atoms with E-state index in [1.54, 1.807) is 24.3 Å². The second-order valence-corrected chi connectivity index (χ2v) is 8.21. The number of nitrogens with one attached hydrogen (secondary N) is 1. The van der Waals surface area contributed by atoms with Gasteiger partial charge in [-0.1, -0.05) is 43.6 Å². The molecule has 0 bridgehead atoms. The Kier molecular flexibility index (Phi) is 6.52. The summed E-state index contributed by atoms with van der Waals surface area (Å²) in [5.41, 5.74) is 4.30. The van der Waals surface area contributed by atoms with Crippen LogP contribution in [0.3, 0.4) is 0 Å². The quantitative estimate of drug-likeness (QED) is 0.360. The molecule has 168 valence electrons. The lowest BCUT2D eigenvalue weighted by molar-refractivity contribution is 0.102. The molecule has 2 aromatic heterocycles. The molecule has 0 unspecified atom stereocenters. The van der Waals surface area contributed by atoms with Crippen LogP contribution >= 0.6 is 11.6 Å². The van der Waals surface area contributed by atoms with Gasteiger partial charge in [-0.05, 0) is 67.3 Å². The summed E-state index contributed by atoms with van der Waals surface area (Å²) in [4.78, 5) is 26.8. The van der Waals surface area contributed by atoms with Crippen LogP contribution in [0.5, 0.6) is 0 Å². The number of aromatic nitrogens is 1. The van der Waals surface area contributed by atoms with Crippen LogP contribution in [0, 0.1) is 6.92 Å². The number of hydrogen-bond donors (Lipinski definition) is 1. The molecule has 0 radical (unpaired) electrons. The minimum absolute atomic E-state index is 0.0264. The number of furan rings is 1. The van der Waals surface area contributed by atoms with Gasteiger partial charge in [-0.25, -0.2) is 0 Å². The van der Waals surface area contributed by atoms with Gasteiger partial charge in [0.1, 0.15) is 11.3 Å². The van der Waals surface area contributed by atoms with E-state index in [1.165, 1.54) is 12.3 Å². The second kappa shape index (κ2) is 9.51. The zero-order valence-electron chi connectivity index (χ0n) is 18.8. The van der Waals surface area contributed by atoms with E-state index in [4.69, 9.17) is 16.0 Å². The third-order valence-corrected chi connectivity index (χ3v) is 5.96. The molecule has 0 aliphatic heterocycles. The Balaban J connectivity index is 1.94. The van der Waals surface area contributed by atoms with E-state index in [-0.39, 0.29) is 11.0 Å². The van der Waals surface area contributed by atoms with Crippen molar-refractivity contribution in [3.8, 4) is 17.1 Å². The molecule has 1 N–H and O–H groups in total. The highest BCUT2D eigenvalue weighted by molar-refractivity contribution is 6.30. The maximum atomic E-state index is 13.6. The summed E-state index contributed by atoms with van der Waals surface area (Å²) in [7, 11) is 0. The molecule has 0 fully saturated rings. The number of para-hydroxylation sites is 1.